The van der Waals surface area contributed by atoms with Crippen molar-refractivity contribution in [2.75, 3.05) is 5.73 Å². The summed E-state index contributed by atoms with van der Waals surface area (Å²) in [5.41, 5.74) is 7.96. The summed E-state index contributed by atoms with van der Waals surface area (Å²) < 4.78 is 2.22. The van der Waals surface area contributed by atoms with Gasteiger partial charge in [0.05, 0.1) is 0 Å². The first-order valence-electron chi connectivity index (χ1n) is 7.05. The van der Waals surface area contributed by atoms with Crippen molar-refractivity contribution in [2.45, 2.75) is 0 Å². The minimum atomic E-state index is 0.126. The normalized spacial score (nSPS) is 11.5. The van der Waals surface area contributed by atoms with Crippen molar-refractivity contribution in [3.8, 4) is 5.75 Å². The van der Waals surface area contributed by atoms with Gasteiger partial charge in [0.2, 0.25) is 0 Å². The van der Waals surface area contributed by atoms with E-state index in [2.05, 4.69) is 22.4 Å². The fraction of sp³-hybridized carbons (Fsp3) is 0. The topological polar surface area (TPSA) is 71.0 Å². The minimum absolute atomic E-state index is 0.126. The van der Waals surface area contributed by atoms with Crippen LogP contribution in [0, 0.1) is 0 Å². The molecule has 3 aromatic rings. The molecule has 3 aromatic carbocycles. The zero-order valence-corrected chi connectivity index (χ0v) is 16.5. The van der Waals surface area contributed by atoms with Gasteiger partial charge < -0.3 is 0 Å². The summed E-state index contributed by atoms with van der Waals surface area (Å²) in [6, 6.07) is 15.5. The molecule has 0 bridgehead atoms. The molecular formula is C16H11N3Na2O. The molecule has 0 aromatic heterocycles. The van der Waals surface area contributed by atoms with Crippen LogP contribution in [0.15, 0.2) is 58.8 Å². The number of phenols is 1. The van der Waals surface area contributed by atoms with Gasteiger partial charge in [-0.3, -0.25) is 0 Å². The van der Waals surface area contributed by atoms with Crippen molar-refractivity contribution >= 4 is 89.3 Å². The van der Waals surface area contributed by atoms with E-state index in [1.165, 1.54) is 2.81 Å². The van der Waals surface area contributed by atoms with E-state index in [0.717, 1.165) is 69.7 Å². The van der Waals surface area contributed by atoms with Crippen LogP contribution in [0.2, 0.25) is 0 Å². The van der Waals surface area contributed by atoms with E-state index in [-0.39, 0.29) is 5.75 Å². The summed E-state index contributed by atoms with van der Waals surface area (Å²) in [7, 11) is 0. The number of nitrogens with two attached hydrogens (primary N) is 1. The predicted octanol–water partition coefficient (Wildman–Crippen LogP) is 2.13. The second kappa shape index (κ2) is 6.71. The number of aromatic hydroxyl groups is 1. The molecule has 0 atom stereocenters. The Morgan fingerprint density at radius 3 is 2.41 bits per heavy atom. The third-order valence-corrected chi connectivity index (χ3v) is 4.91. The van der Waals surface area contributed by atoms with E-state index in [9.17, 15) is 5.11 Å². The van der Waals surface area contributed by atoms with E-state index in [4.69, 9.17) is 5.73 Å². The van der Waals surface area contributed by atoms with Crippen molar-refractivity contribution in [1.29, 1.82) is 0 Å². The Morgan fingerprint density at radius 2 is 1.68 bits per heavy atom. The van der Waals surface area contributed by atoms with Crippen molar-refractivity contribution in [3.63, 3.8) is 0 Å². The summed E-state index contributed by atoms with van der Waals surface area (Å²) in [6.45, 7) is 0. The van der Waals surface area contributed by atoms with Crippen molar-refractivity contribution < 1.29 is 5.11 Å². The van der Waals surface area contributed by atoms with E-state index >= 15 is 0 Å². The standard InChI is InChI=1S/C16H11N3O.2Na/c17-13-8-4-5-11-9-10-14(16(20)15(11)13)19-18-12-6-2-1-3-7-12;;/h1-3,5-9,20H,17H2;;. The Hall–Kier alpha value is -0.880. The molecule has 6 heteroatoms. The second-order valence-electron chi connectivity index (χ2n) is 5.38. The summed E-state index contributed by atoms with van der Waals surface area (Å²) in [5.74, 6) is 0.126. The van der Waals surface area contributed by atoms with Gasteiger partial charge in [-0.1, -0.05) is 0 Å². The number of azo groups is 1. The Balaban J connectivity index is 2.16. The van der Waals surface area contributed by atoms with Gasteiger partial charge in [-0.05, 0) is 0 Å². The molecule has 0 saturated heterocycles. The van der Waals surface area contributed by atoms with Crippen LogP contribution in [0.1, 0.15) is 0 Å². The monoisotopic (exact) mass is 307 g/mol. The number of benzene rings is 3. The number of hydrogen-bond donors (Lipinski definition) is 2. The zero-order chi connectivity index (χ0) is 15.7. The molecule has 0 unspecified atom stereocenters. The number of anilines is 1. The van der Waals surface area contributed by atoms with Crippen LogP contribution in [0.3, 0.4) is 0 Å². The molecule has 0 spiro atoms. The Morgan fingerprint density at radius 1 is 0.955 bits per heavy atom. The number of phenolic OH excluding ortho intramolecular Hbond substituents is 1. The van der Waals surface area contributed by atoms with Gasteiger partial charge in [0.1, 0.15) is 0 Å². The summed E-state index contributed by atoms with van der Waals surface area (Å²) in [5, 5.41) is 20.7. The van der Waals surface area contributed by atoms with Gasteiger partial charge in [0, 0.05) is 0 Å². The Labute approximate surface area is 163 Å². The number of nitrogen functional groups attached to an aromatic ring is 1. The second-order valence-corrected chi connectivity index (χ2v) is 7.61. The molecule has 0 aliphatic heterocycles. The molecule has 0 heterocycles. The van der Waals surface area contributed by atoms with Crippen LogP contribution in [-0.2, 0) is 0 Å². The molecule has 0 fully saturated rings. The van der Waals surface area contributed by atoms with Crippen LogP contribution < -0.4 is 11.4 Å². The van der Waals surface area contributed by atoms with Crippen molar-refractivity contribution in [1.82, 2.24) is 0 Å². The van der Waals surface area contributed by atoms with Crippen LogP contribution in [0.4, 0.5) is 17.1 Å². The van der Waals surface area contributed by atoms with E-state index in [1.54, 1.807) is 0 Å². The first-order valence-corrected chi connectivity index (χ1v) is 9.05. The molecule has 3 rings (SSSR count). The van der Waals surface area contributed by atoms with E-state index in [1.807, 2.05) is 36.4 Å². The van der Waals surface area contributed by atoms with Crippen LogP contribution in [0.5, 0.6) is 5.75 Å². The van der Waals surface area contributed by atoms with Gasteiger partial charge in [-0.25, -0.2) is 0 Å². The van der Waals surface area contributed by atoms with E-state index < -0.39 is 0 Å². The maximum absolute atomic E-state index is 10.6. The van der Waals surface area contributed by atoms with Gasteiger partial charge in [-0.2, -0.15) is 0 Å². The average molecular weight is 307 g/mol. The fourth-order valence-corrected chi connectivity index (χ4v) is 3.84. The summed E-state index contributed by atoms with van der Waals surface area (Å²) >= 11 is 1.70. The Bertz CT molecular complexity index is 880. The predicted molar refractivity (Wildman–Crippen MR) is 91.4 cm³/mol. The van der Waals surface area contributed by atoms with Crippen LogP contribution >= 0.6 is 0 Å². The van der Waals surface area contributed by atoms with Crippen molar-refractivity contribution in [3.05, 3.63) is 48.5 Å². The van der Waals surface area contributed by atoms with Gasteiger partial charge in [0.15, 0.2) is 0 Å². The number of nitrogens with zero attached hydrogens (tertiary/aromatic N) is 2. The first kappa shape index (κ1) is 16.0. The molecule has 3 N–H and O–H groups in total. The quantitative estimate of drug-likeness (QED) is 0.432. The fourth-order valence-electron chi connectivity index (χ4n) is 2.57. The molecule has 0 aliphatic rings. The molecule has 0 amide bonds. The molecule has 0 aliphatic carbocycles. The molecule has 0 radical (unpaired) electrons. The van der Waals surface area contributed by atoms with E-state index in [0.29, 0.717) is 16.8 Å². The van der Waals surface area contributed by atoms with Gasteiger partial charge in [-0.15, -0.1) is 0 Å². The SMILES string of the molecule is Nc1c[c]([Na])cc2c[c]([Na])c(N=Nc3ccccc3)c(O)c12. The van der Waals surface area contributed by atoms with Gasteiger partial charge >= 0.3 is 165 Å². The van der Waals surface area contributed by atoms with Gasteiger partial charge in [0.25, 0.3) is 0 Å². The summed E-state index contributed by atoms with van der Waals surface area (Å²) in [6.07, 6.45) is 0. The van der Waals surface area contributed by atoms with Crippen molar-refractivity contribution in [2.24, 2.45) is 10.2 Å². The zero-order valence-electron chi connectivity index (χ0n) is 12.5. The Kier molecular flexibility index (Phi) is 4.88. The number of fused-ring (bicyclic) bond motifs is 1. The first-order chi connectivity index (χ1) is 10.6. The summed E-state index contributed by atoms with van der Waals surface area (Å²) in [4.78, 5) is 0. The average Bonchev–Trinajstić information content (AvgIpc) is 2.47. The maximum atomic E-state index is 10.6. The third-order valence-electron chi connectivity index (χ3n) is 3.57. The number of hydrogen-bond acceptors (Lipinski definition) is 4. The molecular weight excluding hydrogens is 296 g/mol. The number of rotatable bonds is 2. The molecule has 4 nitrogen and oxygen atoms in total. The van der Waals surface area contributed by atoms with Crippen LogP contribution in [-0.4, -0.2) is 61.0 Å². The van der Waals surface area contributed by atoms with Crippen LogP contribution in [0.25, 0.3) is 10.8 Å². The molecule has 22 heavy (non-hydrogen) atoms. The third kappa shape index (κ3) is 3.23. The molecule has 0 saturated carbocycles. The molecule has 98 valence electrons.